The number of ether oxygens (including phenoxy) is 3. The summed E-state index contributed by atoms with van der Waals surface area (Å²) in [6.07, 6.45) is 0.313. The summed E-state index contributed by atoms with van der Waals surface area (Å²) >= 11 is 0. The van der Waals surface area contributed by atoms with Crippen LogP contribution < -0.4 is 19.5 Å². The highest BCUT2D eigenvalue weighted by Crippen LogP contribution is 2.30. The van der Waals surface area contributed by atoms with Gasteiger partial charge in [0.05, 0.1) is 27.0 Å². The van der Waals surface area contributed by atoms with E-state index in [1.165, 1.54) is 0 Å². The van der Waals surface area contributed by atoms with Crippen LogP contribution in [0.25, 0.3) is 0 Å². The molecule has 1 amide bonds. The quantitative estimate of drug-likeness (QED) is 0.613. The Hall–Kier alpha value is -3.62. The fraction of sp³-hybridized carbons (Fsp3) is 0.263. The summed E-state index contributed by atoms with van der Waals surface area (Å²) in [7, 11) is 4.69. The molecule has 0 radical (unpaired) electrons. The maximum atomic E-state index is 13.1. The number of aromatic nitrogens is 4. The van der Waals surface area contributed by atoms with Crippen molar-refractivity contribution in [2.45, 2.75) is 12.3 Å². The number of amides is 1. The van der Waals surface area contributed by atoms with Gasteiger partial charge in [0, 0.05) is 6.07 Å². The number of para-hydroxylation sites is 2. The number of nitrogens with zero attached hydrogens (tertiary/aromatic N) is 3. The molecule has 1 atom stereocenters. The van der Waals surface area contributed by atoms with E-state index in [0.717, 1.165) is 5.56 Å². The molecule has 9 nitrogen and oxygen atoms in total. The lowest BCUT2D eigenvalue weighted by atomic mass is 9.96. The van der Waals surface area contributed by atoms with E-state index >= 15 is 0 Å². The first-order valence-electron chi connectivity index (χ1n) is 8.54. The summed E-state index contributed by atoms with van der Waals surface area (Å²) in [6.45, 7) is 0. The minimum absolute atomic E-state index is 0.283. The predicted molar refractivity (Wildman–Crippen MR) is 102 cm³/mol. The van der Waals surface area contributed by atoms with Gasteiger partial charge in [0.1, 0.15) is 23.2 Å². The Morgan fingerprint density at radius 1 is 1.07 bits per heavy atom. The van der Waals surface area contributed by atoms with Gasteiger partial charge in [0.25, 0.3) is 0 Å². The standard InChI is InChI=1S/C19H21N5O4/c1-26-13-9-8-12(17(11-13)28-3)10-14(18-21-23-24-22-18)19(25)20-15-6-4-5-7-16(15)27-2/h4-9,11,14H,10H2,1-3H3,(H,20,25)(H,21,22,23,24)/t14-/m1/s1. The van der Waals surface area contributed by atoms with E-state index in [-0.39, 0.29) is 11.7 Å². The second-order valence-electron chi connectivity index (χ2n) is 5.89. The Morgan fingerprint density at radius 3 is 2.54 bits per heavy atom. The summed E-state index contributed by atoms with van der Waals surface area (Å²) in [6, 6.07) is 12.6. The van der Waals surface area contributed by atoms with Crippen molar-refractivity contribution in [3.05, 3.63) is 53.9 Å². The molecule has 2 aromatic carbocycles. The van der Waals surface area contributed by atoms with Gasteiger partial charge in [-0.25, -0.2) is 0 Å². The minimum Gasteiger partial charge on any atom is -0.497 e. The van der Waals surface area contributed by atoms with Crippen molar-refractivity contribution in [2.75, 3.05) is 26.6 Å². The first-order chi connectivity index (χ1) is 13.7. The van der Waals surface area contributed by atoms with Crippen molar-refractivity contribution in [1.29, 1.82) is 0 Å². The fourth-order valence-electron chi connectivity index (χ4n) is 2.83. The van der Waals surface area contributed by atoms with Crippen LogP contribution in [0.2, 0.25) is 0 Å². The second kappa shape index (κ2) is 8.85. The van der Waals surface area contributed by atoms with Crippen LogP contribution in [-0.4, -0.2) is 47.9 Å². The van der Waals surface area contributed by atoms with Crippen molar-refractivity contribution in [3.8, 4) is 17.2 Å². The SMILES string of the molecule is COc1ccc(C[C@@H](C(=O)Nc2ccccc2OC)c2nn[nH]n2)c(OC)c1. The number of tetrazole rings is 1. The van der Waals surface area contributed by atoms with Gasteiger partial charge in [-0.1, -0.05) is 23.4 Å². The Kier molecular flexibility index (Phi) is 6.05. The summed E-state index contributed by atoms with van der Waals surface area (Å²) < 4.78 is 16.0. The number of nitrogens with one attached hydrogen (secondary N) is 2. The van der Waals surface area contributed by atoms with Crippen molar-refractivity contribution in [2.24, 2.45) is 0 Å². The highest BCUT2D eigenvalue weighted by Gasteiger charge is 2.27. The van der Waals surface area contributed by atoms with Gasteiger partial charge in [-0.15, -0.1) is 10.2 Å². The maximum Gasteiger partial charge on any atom is 0.235 e. The lowest BCUT2D eigenvalue weighted by Crippen LogP contribution is -2.24. The zero-order valence-electron chi connectivity index (χ0n) is 15.8. The monoisotopic (exact) mass is 383 g/mol. The molecule has 0 saturated heterocycles. The molecule has 0 aliphatic carbocycles. The highest BCUT2D eigenvalue weighted by molar-refractivity contribution is 5.96. The van der Waals surface area contributed by atoms with E-state index in [4.69, 9.17) is 14.2 Å². The molecule has 0 fully saturated rings. The lowest BCUT2D eigenvalue weighted by Gasteiger charge is -2.17. The van der Waals surface area contributed by atoms with Gasteiger partial charge in [0.15, 0.2) is 5.82 Å². The number of hydrogen-bond donors (Lipinski definition) is 2. The number of aromatic amines is 1. The molecule has 0 spiro atoms. The number of anilines is 1. The smallest absolute Gasteiger partial charge is 0.235 e. The van der Waals surface area contributed by atoms with Gasteiger partial charge in [-0.05, 0) is 30.2 Å². The van der Waals surface area contributed by atoms with E-state index in [0.29, 0.717) is 29.4 Å². The molecule has 3 rings (SSSR count). The number of hydrogen-bond acceptors (Lipinski definition) is 7. The molecule has 1 aromatic heterocycles. The molecule has 28 heavy (non-hydrogen) atoms. The van der Waals surface area contributed by atoms with Crippen molar-refractivity contribution >= 4 is 11.6 Å². The van der Waals surface area contributed by atoms with Crippen molar-refractivity contribution < 1.29 is 19.0 Å². The van der Waals surface area contributed by atoms with Gasteiger partial charge in [0.2, 0.25) is 5.91 Å². The highest BCUT2D eigenvalue weighted by atomic mass is 16.5. The maximum absolute atomic E-state index is 13.1. The van der Waals surface area contributed by atoms with E-state index in [2.05, 4.69) is 25.9 Å². The van der Waals surface area contributed by atoms with Crippen LogP contribution in [0.5, 0.6) is 17.2 Å². The predicted octanol–water partition coefficient (Wildman–Crippen LogP) is 2.19. The van der Waals surface area contributed by atoms with Crippen LogP contribution in [0, 0.1) is 0 Å². The van der Waals surface area contributed by atoms with E-state index in [1.54, 1.807) is 39.5 Å². The van der Waals surface area contributed by atoms with Gasteiger partial charge < -0.3 is 19.5 Å². The van der Waals surface area contributed by atoms with Crippen LogP contribution in [0.1, 0.15) is 17.3 Å². The summed E-state index contributed by atoms with van der Waals surface area (Å²) in [5.74, 6) is 1.14. The fourth-order valence-corrected chi connectivity index (χ4v) is 2.83. The molecule has 2 N–H and O–H groups in total. The average Bonchev–Trinajstić information content (AvgIpc) is 3.26. The normalized spacial score (nSPS) is 11.5. The average molecular weight is 383 g/mol. The van der Waals surface area contributed by atoms with Gasteiger partial charge in [-0.2, -0.15) is 5.21 Å². The van der Waals surface area contributed by atoms with Crippen LogP contribution in [0.4, 0.5) is 5.69 Å². The van der Waals surface area contributed by atoms with Gasteiger partial charge in [-0.3, -0.25) is 4.79 Å². The molecule has 0 aliphatic rings. The third-order valence-corrected chi connectivity index (χ3v) is 4.27. The first-order valence-corrected chi connectivity index (χ1v) is 8.54. The number of H-pyrrole nitrogens is 1. The van der Waals surface area contributed by atoms with Crippen molar-refractivity contribution in [1.82, 2.24) is 20.6 Å². The molecular formula is C19H21N5O4. The third-order valence-electron chi connectivity index (χ3n) is 4.27. The van der Waals surface area contributed by atoms with Crippen LogP contribution in [-0.2, 0) is 11.2 Å². The van der Waals surface area contributed by atoms with E-state index in [9.17, 15) is 4.79 Å². The van der Waals surface area contributed by atoms with Crippen molar-refractivity contribution in [3.63, 3.8) is 0 Å². The van der Waals surface area contributed by atoms with Gasteiger partial charge >= 0.3 is 0 Å². The molecule has 0 aliphatic heterocycles. The van der Waals surface area contributed by atoms with E-state index < -0.39 is 5.92 Å². The molecule has 1 heterocycles. The zero-order chi connectivity index (χ0) is 19.9. The van der Waals surface area contributed by atoms with Crippen LogP contribution >= 0.6 is 0 Å². The number of methoxy groups -OCH3 is 3. The molecule has 0 unspecified atom stereocenters. The molecule has 3 aromatic rings. The Labute approximate surface area is 162 Å². The topological polar surface area (TPSA) is 111 Å². The summed E-state index contributed by atoms with van der Waals surface area (Å²) in [5, 5.41) is 16.9. The first kappa shape index (κ1) is 19.2. The Morgan fingerprint density at radius 2 is 1.86 bits per heavy atom. The van der Waals surface area contributed by atoms with Crippen LogP contribution in [0.15, 0.2) is 42.5 Å². The number of rotatable bonds is 8. The Bertz CT molecular complexity index is 930. The molecule has 0 saturated carbocycles. The number of carbonyl (C=O) groups excluding carboxylic acids is 1. The summed E-state index contributed by atoms with van der Waals surface area (Å²) in [4.78, 5) is 13.1. The third kappa shape index (κ3) is 4.20. The molecular weight excluding hydrogens is 362 g/mol. The molecule has 146 valence electrons. The zero-order valence-corrected chi connectivity index (χ0v) is 15.8. The summed E-state index contributed by atoms with van der Waals surface area (Å²) in [5.41, 5.74) is 1.37. The largest absolute Gasteiger partial charge is 0.497 e. The lowest BCUT2D eigenvalue weighted by molar-refractivity contribution is -0.117. The van der Waals surface area contributed by atoms with E-state index in [1.807, 2.05) is 24.3 Å². The molecule has 9 heteroatoms. The number of benzene rings is 2. The molecule has 0 bridgehead atoms. The minimum atomic E-state index is -0.689. The Balaban J connectivity index is 1.89. The second-order valence-corrected chi connectivity index (χ2v) is 5.89. The van der Waals surface area contributed by atoms with Crippen LogP contribution in [0.3, 0.4) is 0 Å². The number of carbonyl (C=O) groups is 1.